The van der Waals surface area contributed by atoms with Crippen LogP contribution in [-0.2, 0) is 24.8 Å². The molecule has 4 rings (SSSR count). The zero-order valence-corrected chi connectivity index (χ0v) is 31.0. The standard InChI is InChI=1S/C38H41N2O12P/c1-7-50-53(45,51-8-2)38(27-10-9-11-30(22-27)40(43)44)39-29-16-12-26(13-17-29)21-36(42)52-33-20-25(15-19-32(33)46-3)14-18-31(41)28-23-34(47-4)37(49-6)35(24-28)48-5/h9-20,22-24,38-39H,7-8,21H2,1-6H3/b18-14+. The number of non-ortho nitro benzene ring substituents is 1. The molecule has 0 bridgehead atoms. The molecule has 4 aromatic carbocycles. The Labute approximate surface area is 307 Å². The van der Waals surface area contributed by atoms with E-state index in [1.54, 1.807) is 80.6 Å². The molecular formula is C38H41N2O12P. The van der Waals surface area contributed by atoms with Crippen LogP contribution in [0.1, 0.15) is 46.7 Å². The van der Waals surface area contributed by atoms with Gasteiger partial charge in [-0.3, -0.25) is 24.3 Å². The highest BCUT2D eigenvalue weighted by Crippen LogP contribution is 2.61. The Kier molecular flexibility index (Phi) is 14.1. The molecule has 0 heterocycles. The summed E-state index contributed by atoms with van der Waals surface area (Å²) in [5.41, 5.74) is 2.16. The van der Waals surface area contributed by atoms with Gasteiger partial charge >= 0.3 is 13.6 Å². The Hall–Kier alpha value is -5.69. The van der Waals surface area contributed by atoms with E-state index in [1.165, 1.54) is 52.7 Å². The van der Waals surface area contributed by atoms with Crippen molar-refractivity contribution in [3.8, 4) is 28.7 Å². The number of carbonyl (C=O) groups excluding carboxylic acids is 2. The summed E-state index contributed by atoms with van der Waals surface area (Å²) in [7, 11) is 1.99. The third-order valence-corrected chi connectivity index (χ3v) is 10.0. The lowest BCUT2D eigenvalue weighted by molar-refractivity contribution is -0.384. The van der Waals surface area contributed by atoms with Gasteiger partial charge in [-0.15, -0.1) is 0 Å². The summed E-state index contributed by atoms with van der Waals surface area (Å²) in [5, 5.41) is 14.6. The minimum atomic E-state index is -3.85. The minimum Gasteiger partial charge on any atom is -0.493 e. The Morgan fingerprint density at radius 2 is 1.45 bits per heavy atom. The zero-order chi connectivity index (χ0) is 38.5. The second-order valence-corrected chi connectivity index (χ2v) is 13.3. The SMILES string of the molecule is CCOP(=O)(OCC)C(Nc1ccc(CC(=O)Oc2cc(/C=C/C(=O)c3cc(OC)c(OC)c(OC)c3)ccc2OC)cc1)c1cccc([N+](=O)[O-])c1. The summed E-state index contributed by atoms with van der Waals surface area (Å²) in [6.07, 6.45) is 2.84. The molecule has 0 radical (unpaired) electrons. The van der Waals surface area contributed by atoms with E-state index in [1.807, 2.05) is 0 Å². The van der Waals surface area contributed by atoms with Crippen molar-refractivity contribution in [2.45, 2.75) is 26.1 Å². The van der Waals surface area contributed by atoms with E-state index in [0.29, 0.717) is 50.9 Å². The third kappa shape index (κ3) is 10.2. The summed E-state index contributed by atoms with van der Waals surface area (Å²) >= 11 is 0. The van der Waals surface area contributed by atoms with Crippen LogP contribution in [0.15, 0.2) is 84.9 Å². The number of hydrogen-bond donors (Lipinski definition) is 1. The third-order valence-electron chi connectivity index (χ3n) is 7.72. The number of nitrogens with zero attached hydrogens (tertiary/aromatic N) is 1. The van der Waals surface area contributed by atoms with Crippen molar-refractivity contribution < 1.29 is 51.8 Å². The summed E-state index contributed by atoms with van der Waals surface area (Å²) in [4.78, 5) is 37.0. The Bertz CT molecular complexity index is 1960. The first-order valence-electron chi connectivity index (χ1n) is 16.4. The maximum Gasteiger partial charge on any atom is 0.357 e. The fraction of sp³-hybridized carbons (Fsp3) is 0.263. The van der Waals surface area contributed by atoms with Crippen molar-refractivity contribution in [2.24, 2.45) is 0 Å². The van der Waals surface area contributed by atoms with Crippen LogP contribution in [0.2, 0.25) is 0 Å². The molecule has 0 saturated heterocycles. The van der Waals surface area contributed by atoms with Crippen LogP contribution in [-0.4, -0.2) is 58.3 Å². The molecule has 0 aliphatic rings. The molecule has 0 amide bonds. The van der Waals surface area contributed by atoms with Gasteiger partial charge in [-0.2, -0.15) is 0 Å². The minimum absolute atomic E-state index is 0.0858. The smallest absolute Gasteiger partial charge is 0.357 e. The number of ether oxygens (including phenoxy) is 5. The highest BCUT2D eigenvalue weighted by atomic mass is 31.2. The van der Waals surface area contributed by atoms with Gasteiger partial charge in [0.15, 0.2) is 34.6 Å². The first-order valence-corrected chi connectivity index (χ1v) is 18.0. The van der Waals surface area contributed by atoms with E-state index >= 15 is 0 Å². The molecule has 0 aliphatic carbocycles. The molecule has 0 aliphatic heterocycles. The molecule has 0 spiro atoms. The number of allylic oxidation sites excluding steroid dienone is 1. The topological polar surface area (TPSA) is 171 Å². The number of benzene rings is 4. The molecule has 0 fully saturated rings. The second kappa shape index (κ2) is 18.7. The van der Waals surface area contributed by atoms with Gasteiger partial charge in [-0.25, -0.2) is 0 Å². The van der Waals surface area contributed by atoms with E-state index in [2.05, 4.69) is 5.32 Å². The lowest BCUT2D eigenvalue weighted by atomic mass is 10.1. The normalized spacial score (nSPS) is 11.8. The predicted molar refractivity (Wildman–Crippen MR) is 199 cm³/mol. The van der Waals surface area contributed by atoms with Crippen LogP contribution in [0.5, 0.6) is 28.7 Å². The second-order valence-electron chi connectivity index (χ2n) is 11.1. The van der Waals surface area contributed by atoms with Gasteiger partial charge in [-0.1, -0.05) is 36.4 Å². The van der Waals surface area contributed by atoms with E-state index in [-0.39, 0.29) is 36.9 Å². The van der Waals surface area contributed by atoms with E-state index in [4.69, 9.17) is 32.7 Å². The fourth-order valence-corrected chi connectivity index (χ4v) is 7.20. The van der Waals surface area contributed by atoms with Gasteiger partial charge in [0.1, 0.15) is 0 Å². The molecule has 14 nitrogen and oxygen atoms in total. The van der Waals surface area contributed by atoms with Crippen LogP contribution in [0.4, 0.5) is 11.4 Å². The molecular weight excluding hydrogens is 707 g/mol. The number of ketones is 1. The molecule has 4 aromatic rings. The number of nitrogens with one attached hydrogen (secondary N) is 1. The van der Waals surface area contributed by atoms with Gasteiger partial charge in [0, 0.05) is 23.4 Å². The highest BCUT2D eigenvalue weighted by Gasteiger charge is 2.38. The lowest BCUT2D eigenvalue weighted by Gasteiger charge is -2.28. The Balaban J connectivity index is 1.49. The number of carbonyl (C=O) groups is 2. The molecule has 280 valence electrons. The van der Waals surface area contributed by atoms with Crippen LogP contribution in [0, 0.1) is 10.1 Å². The highest BCUT2D eigenvalue weighted by molar-refractivity contribution is 7.54. The van der Waals surface area contributed by atoms with Crippen molar-refractivity contribution in [3.05, 3.63) is 117 Å². The van der Waals surface area contributed by atoms with Crippen molar-refractivity contribution in [3.63, 3.8) is 0 Å². The first-order chi connectivity index (χ1) is 25.5. The zero-order valence-electron chi connectivity index (χ0n) is 30.2. The van der Waals surface area contributed by atoms with Crippen molar-refractivity contribution in [2.75, 3.05) is 47.0 Å². The van der Waals surface area contributed by atoms with Crippen LogP contribution >= 0.6 is 7.60 Å². The van der Waals surface area contributed by atoms with E-state index in [9.17, 15) is 24.3 Å². The average Bonchev–Trinajstić information content (AvgIpc) is 3.16. The summed E-state index contributed by atoms with van der Waals surface area (Å²) in [5.74, 6) is -0.464. The van der Waals surface area contributed by atoms with E-state index in [0.717, 1.165) is 0 Å². The van der Waals surface area contributed by atoms with Gasteiger partial charge in [-0.05, 0) is 73.0 Å². The van der Waals surface area contributed by atoms with Gasteiger partial charge < -0.3 is 38.0 Å². The largest absolute Gasteiger partial charge is 0.493 e. The quantitative estimate of drug-likeness (QED) is 0.0186. The van der Waals surface area contributed by atoms with Gasteiger partial charge in [0.2, 0.25) is 5.75 Å². The van der Waals surface area contributed by atoms with Crippen LogP contribution < -0.4 is 29.0 Å². The first kappa shape index (κ1) is 40.1. The van der Waals surface area contributed by atoms with Crippen LogP contribution in [0.3, 0.4) is 0 Å². The number of hydrogen-bond acceptors (Lipinski definition) is 13. The summed E-state index contributed by atoms with van der Waals surface area (Å²) in [6.45, 7) is 3.52. The summed E-state index contributed by atoms with van der Waals surface area (Å²) in [6, 6.07) is 20.5. The molecule has 0 aromatic heterocycles. The lowest BCUT2D eigenvalue weighted by Crippen LogP contribution is -2.16. The molecule has 0 saturated carbocycles. The van der Waals surface area contributed by atoms with Crippen molar-refractivity contribution in [1.82, 2.24) is 0 Å². The molecule has 53 heavy (non-hydrogen) atoms. The van der Waals surface area contributed by atoms with Gasteiger partial charge in [0.05, 0.1) is 53.0 Å². The Morgan fingerprint density at radius 3 is 2.02 bits per heavy atom. The molecule has 1 N–H and O–H groups in total. The monoisotopic (exact) mass is 748 g/mol. The molecule has 1 atom stereocenters. The molecule has 15 heteroatoms. The maximum absolute atomic E-state index is 13.9. The predicted octanol–water partition coefficient (Wildman–Crippen LogP) is 8.05. The summed E-state index contributed by atoms with van der Waals surface area (Å²) < 4.78 is 52.1. The number of nitro benzene ring substituents is 1. The number of anilines is 1. The average molecular weight is 749 g/mol. The fourth-order valence-electron chi connectivity index (χ4n) is 5.27. The number of methoxy groups -OCH3 is 4. The number of esters is 1. The van der Waals surface area contributed by atoms with E-state index < -0.39 is 24.3 Å². The van der Waals surface area contributed by atoms with Crippen molar-refractivity contribution in [1.29, 1.82) is 0 Å². The van der Waals surface area contributed by atoms with Crippen LogP contribution in [0.25, 0.3) is 6.08 Å². The molecule has 1 unspecified atom stereocenters. The van der Waals surface area contributed by atoms with Crippen molar-refractivity contribution >= 4 is 36.8 Å². The van der Waals surface area contributed by atoms with Gasteiger partial charge in [0.25, 0.3) is 5.69 Å². The maximum atomic E-state index is 13.9. The Morgan fingerprint density at radius 1 is 0.811 bits per heavy atom. The number of rotatable bonds is 19. The number of nitro groups is 1.